The van der Waals surface area contributed by atoms with Crippen molar-refractivity contribution >= 4 is 36.5 Å². The predicted molar refractivity (Wildman–Crippen MR) is 148 cm³/mol. The third-order valence-electron chi connectivity index (χ3n) is 7.33. The summed E-state index contributed by atoms with van der Waals surface area (Å²) >= 11 is 7.43. The Hall–Kier alpha value is -1.44. The Bertz CT molecular complexity index is 1020. The number of carbonyl (C=O) groups excluding carboxylic acids is 1. The highest BCUT2D eigenvalue weighted by Crippen LogP contribution is 2.40. The zero-order chi connectivity index (χ0) is 25.3. The maximum Gasteiger partial charge on any atom is 0.253 e. The first kappa shape index (κ1) is 27.1. The van der Waals surface area contributed by atoms with Gasteiger partial charge in [0.1, 0.15) is 5.75 Å². The molecule has 0 N–H and O–H groups in total. The zero-order valence-electron chi connectivity index (χ0n) is 21.6. The standard InChI is InChI=1S/C27H39ClN2O2SSi/c1-9-13-29-16-20(3)30(17-19(29)2)25(24-15-22(18-33-24)26(28)31)21-11-10-12-23(14-21)32-34(7,8)27(4,5)6/h9-12,14-15,18-20,25H,1,13,16-17H2,2-8H3/t19-,20+,25-/m1/s1. The lowest BCUT2D eigenvalue weighted by Crippen LogP contribution is -2.57. The highest BCUT2D eigenvalue weighted by molar-refractivity contribution is 7.10. The Morgan fingerprint density at radius 3 is 2.56 bits per heavy atom. The summed E-state index contributed by atoms with van der Waals surface area (Å²) in [6, 6.07) is 11.3. The van der Waals surface area contributed by atoms with Crippen LogP contribution in [0.2, 0.25) is 18.1 Å². The van der Waals surface area contributed by atoms with E-state index in [0.717, 1.165) is 30.3 Å². The van der Waals surface area contributed by atoms with Crippen molar-refractivity contribution in [3.05, 3.63) is 64.4 Å². The number of carbonyl (C=O) groups is 1. The van der Waals surface area contributed by atoms with Crippen molar-refractivity contribution in [1.82, 2.24) is 9.80 Å². The highest BCUT2D eigenvalue weighted by atomic mass is 35.5. The van der Waals surface area contributed by atoms with Crippen LogP contribution in [0.3, 0.4) is 0 Å². The molecule has 7 heteroatoms. The Morgan fingerprint density at radius 1 is 1.26 bits per heavy atom. The number of rotatable bonds is 8. The number of benzene rings is 1. The number of nitrogens with zero attached hydrogens (tertiary/aromatic N) is 2. The number of piperazine rings is 1. The fourth-order valence-corrected chi connectivity index (χ4v) is 6.55. The van der Waals surface area contributed by atoms with Crippen LogP contribution in [0.25, 0.3) is 0 Å². The summed E-state index contributed by atoms with van der Waals surface area (Å²) in [5.41, 5.74) is 1.74. The second kappa shape index (κ2) is 10.7. The molecule has 2 aromatic rings. The molecule has 186 valence electrons. The lowest BCUT2D eigenvalue weighted by molar-refractivity contribution is 0.0315. The van der Waals surface area contributed by atoms with Crippen molar-refractivity contribution in [2.24, 2.45) is 0 Å². The summed E-state index contributed by atoms with van der Waals surface area (Å²) in [6.45, 7) is 22.6. The second-order valence-electron chi connectivity index (χ2n) is 11.0. The third kappa shape index (κ3) is 6.03. The van der Waals surface area contributed by atoms with E-state index < -0.39 is 13.6 Å². The van der Waals surface area contributed by atoms with Gasteiger partial charge < -0.3 is 4.43 Å². The third-order valence-corrected chi connectivity index (χ3v) is 12.9. The molecule has 0 saturated carbocycles. The Morgan fingerprint density at radius 2 is 1.97 bits per heavy atom. The first-order valence-corrected chi connectivity index (χ1v) is 16.2. The van der Waals surface area contributed by atoms with E-state index in [1.54, 1.807) is 11.3 Å². The largest absolute Gasteiger partial charge is 0.543 e. The predicted octanol–water partition coefficient (Wildman–Crippen LogP) is 7.18. The molecule has 4 nitrogen and oxygen atoms in total. The summed E-state index contributed by atoms with van der Waals surface area (Å²) in [5.74, 6) is 0.922. The number of halogens is 1. The molecule has 1 fully saturated rings. The van der Waals surface area contributed by atoms with Crippen LogP contribution in [-0.4, -0.2) is 55.1 Å². The van der Waals surface area contributed by atoms with Gasteiger partial charge in [-0.3, -0.25) is 14.6 Å². The fraction of sp³-hybridized carbons (Fsp3) is 0.519. The van der Waals surface area contributed by atoms with Crippen molar-refractivity contribution in [3.63, 3.8) is 0 Å². The van der Waals surface area contributed by atoms with Crippen LogP contribution in [-0.2, 0) is 0 Å². The maximum absolute atomic E-state index is 11.9. The van der Waals surface area contributed by atoms with E-state index in [-0.39, 0.29) is 11.1 Å². The molecular weight excluding hydrogens is 480 g/mol. The summed E-state index contributed by atoms with van der Waals surface area (Å²) in [4.78, 5) is 18.0. The summed E-state index contributed by atoms with van der Waals surface area (Å²) in [7, 11) is -1.97. The minimum Gasteiger partial charge on any atom is -0.543 e. The van der Waals surface area contributed by atoms with Crippen molar-refractivity contribution < 1.29 is 9.22 Å². The summed E-state index contributed by atoms with van der Waals surface area (Å²) < 4.78 is 6.65. The molecule has 0 amide bonds. The molecule has 1 saturated heterocycles. The molecule has 1 aliphatic rings. The van der Waals surface area contributed by atoms with Gasteiger partial charge in [0.2, 0.25) is 8.32 Å². The van der Waals surface area contributed by atoms with Crippen molar-refractivity contribution in [1.29, 1.82) is 0 Å². The quantitative estimate of drug-likeness (QED) is 0.210. The van der Waals surface area contributed by atoms with Crippen molar-refractivity contribution in [2.75, 3.05) is 19.6 Å². The van der Waals surface area contributed by atoms with E-state index in [1.165, 1.54) is 5.56 Å². The Labute approximate surface area is 215 Å². The van der Waals surface area contributed by atoms with E-state index >= 15 is 0 Å². The molecule has 1 aromatic carbocycles. The second-order valence-corrected chi connectivity index (χ2v) is 17.0. The lowest BCUT2D eigenvalue weighted by Gasteiger charge is -2.47. The van der Waals surface area contributed by atoms with Gasteiger partial charge >= 0.3 is 0 Å². The normalized spacial score (nSPS) is 21.3. The smallest absolute Gasteiger partial charge is 0.253 e. The molecule has 0 radical (unpaired) electrons. The Kier molecular flexibility index (Phi) is 8.52. The van der Waals surface area contributed by atoms with Gasteiger partial charge in [-0.05, 0) is 67.3 Å². The average Bonchev–Trinajstić information content (AvgIpc) is 3.21. The van der Waals surface area contributed by atoms with E-state index in [0.29, 0.717) is 17.6 Å². The molecule has 34 heavy (non-hydrogen) atoms. The minimum atomic E-state index is -1.97. The summed E-state index contributed by atoms with van der Waals surface area (Å²) in [6.07, 6.45) is 1.98. The molecule has 0 unspecified atom stereocenters. The van der Waals surface area contributed by atoms with Crippen molar-refractivity contribution in [3.8, 4) is 5.75 Å². The van der Waals surface area contributed by atoms with E-state index in [9.17, 15) is 4.79 Å². The molecule has 3 rings (SSSR count). The van der Waals surface area contributed by atoms with Crippen LogP contribution in [0.5, 0.6) is 5.75 Å². The molecular formula is C27H39ClN2O2SSi. The van der Waals surface area contributed by atoms with E-state index in [1.807, 2.05) is 17.5 Å². The van der Waals surface area contributed by atoms with Crippen LogP contribution < -0.4 is 4.43 Å². The zero-order valence-corrected chi connectivity index (χ0v) is 24.2. The van der Waals surface area contributed by atoms with Crippen LogP contribution in [0, 0.1) is 0 Å². The summed E-state index contributed by atoms with van der Waals surface area (Å²) in [5, 5.41) is 1.58. The average molecular weight is 519 g/mol. The van der Waals surface area contributed by atoms with Crippen LogP contribution >= 0.6 is 22.9 Å². The van der Waals surface area contributed by atoms with Gasteiger partial charge in [0.05, 0.1) is 6.04 Å². The topological polar surface area (TPSA) is 32.8 Å². The SMILES string of the molecule is C=CCN1C[C@H](C)N([C@H](c2cccc(O[Si](C)(C)C(C)(C)C)c2)c2cc(C(=O)Cl)cs2)C[C@H]1C. The van der Waals surface area contributed by atoms with E-state index in [2.05, 4.69) is 88.4 Å². The fourth-order valence-electron chi connectivity index (χ4n) is 4.32. The Balaban J connectivity index is 2.01. The van der Waals surface area contributed by atoms with Crippen LogP contribution in [0.4, 0.5) is 0 Å². The van der Waals surface area contributed by atoms with Gasteiger partial charge in [-0.2, -0.15) is 0 Å². The molecule has 1 aromatic heterocycles. The van der Waals surface area contributed by atoms with Gasteiger partial charge in [-0.25, -0.2) is 0 Å². The van der Waals surface area contributed by atoms with Crippen molar-refractivity contribution in [2.45, 2.75) is 70.9 Å². The lowest BCUT2D eigenvalue weighted by atomic mass is 9.97. The molecule has 0 aliphatic carbocycles. The molecule has 0 spiro atoms. The first-order chi connectivity index (χ1) is 15.8. The van der Waals surface area contributed by atoms with Gasteiger partial charge in [0.15, 0.2) is 0 Å². The first-order valence-electron chi connectivity index (χ1n) is 12.0. The van der Waals surface area contributed by atoms with Gasteiger partial charge in [-0.1, -0.05) is 39.0 Å². The number of hydrogen-bond donors (Lipinski definition) is 0. The van der Waals surface area contributed by atoms with Crippen LogP contribution in [0.1, 0.15) is 61.5 Å². The van der Waals surface area contributed by atoms with Gasteiger partial charge in [0.25, 0.3) is 5.24 Å². The molecule has 0 bridgehead atoms. The van der Waals surface area contributed by atoms with E-state index in [4.69, 9.17) is 16.0 Å². The number of hydrogen-bond acceptors (Lipinski definition) is 5. The molecule has 1 aliphatic heterocycles. The molecule has 2 heterocycles. The maximum atomic E-state index is 11.9. The molecule has 3 atom stereocenters. The highest BCUT2D eigenvalue weighted by Gasteiger charge is 2.39. The monoisotopic (exact) mass is 518 g/mol. The minimum absolute atomic E-state index is 0.0288. The number of thiophene rings is 1. The van der Waals surface area contributed by atoms with Crippen LogP contribution in [0.15, 0.2) is 48.4 Å². The van der Waals surface area contributed by atoms with Gasteiger partial charge in [0, 0.05) is 47.5 Å². The van der Waals surface area contributed by atoms with Gasteiger partial charge in [-0.15, -0.1) is 17.9 Å².